The van der Waals surface area contributed by atoms with Gasteiger partial charge in [-0.05, 0) is 52.8 Å². The number of likely N-dealkylation sites (tertiary alicyclic amines) is 1. The van der Waals surface area contributed by atoms with Gasteiger partial charge < -0.3 is 10.6 Å². The Balaban J connectivity index is 1.26. The lowest BCUT2D eigenvalue weighted by Crippen LogP contribution is -2.53. The van der Waals surface area contributed by atoms with Crippen LogP contribution in [0.15, 0.2) is 91.0 Å². The number of tetrazole rings is 1. The summed E-state index contributed by atoms with van der Waals surface area (Å²) in [6.07, 6.45) is 4.63. The van der Waals surface area contributed by atoms with Crippen molar-refractivity contribution in [3.63, 3.8) is 0 Å². The molecule has 1 atom stereocenters. The average molecular weight is 536 g/mol. The van der Waals surface area contributed by atoms with Gasteiger partial charge >= 0.3 is 0 Å². The number of carbonyl (C=O) groups is 1. The molecule has 1 saturated carbocycles. The SMILES string of the molecule is O=C(NCc1ccccc1)[C@H](Cc1ccccc1)n1nnnc1C1(NC2CC2)CCN(Cc2ccccc2)CC1. The molecule has 1 aliphatic heterocycles. The van der Waals surface area contributed by atoms with E-state index in [9.17, 15) is 4.79 Å². The quantitative estimate of drug-likeness (QED) is 0.302. The number of amides is 1. The standard InChI is InChI=1S/C32H37N7O/c40-30(33-23-26-12-6-2-7-13-26)29(22-25-10-4-1-5-11-25)39-31(35-36-37-39)32(34-28-16-17-28)18-20-38(21-19-32)24-27-14-8-3-9-15-27/h1-15,28-29,34H,16-24H2,(H,33,40)/t29-/m0/s1. The van der Waals surface area contributed by atoms with Crippen molar-refractivity contribution in [2.45, 2.75) is 62.8 Å². The second-order valence-corrected chi connectivity index (χ2v) is 11.1. The summed E-state index contributed by atoms with van der Waals surface area (Å²) in [5.41, 5.74) is 3.09. The number of nitrogens with zero attached hydrogens (tertiary/aromatic N) is 5. The lowest BCUT2D eigenvalue weighted by molar-refractivity contribution is -0.125. The van der Waals surface area contributed by atoms with E-state index in [1.54, 1.807) is 4.68 Å². The van der Waals surface area contributed by atoms with E-state index < -0.39 is 6.04 Å². The highest BCUT2D eigenvalue weighted by Gasteiger charge is 2.45. The summed E-state index contributed by atoms with van der Waals surface area (Å²) in [7, 11) is 0. The van der Waals surface area contributed by atoms with Crippen LogP contribution < -0.4 is 10.6 Å². The lowest BCUT2D eigenvalue weighted by Gasteiger charge is -2.42. The first-order chi connectivity index (χ1) is 19.7. The minimum atomic E-state index is -0.559. The van der Waals surface area contributed by atoms with E-state index in [1.165, 1.54) is 18.4 Å². The molecular formula is C32H37N7O. The van der Waals surface area contributed by atoms with Crippen LogP contribution in [0, 0.1) is 0 Å². The van der Waals surface area contributed by atoms with Crippen LogP contribution in [0.25, 0.3) is 0 Å². The number of hydrogen-bond acceptors (Lipinski definition) is 6. The van der Waals surface area contributed by atoms with E-state index in [0.717, 1.165) is 49.4 Å². The Morgan fingerprint density at radius 3 is 2.08 bits per heavy atom. The molecule has 0 radical (unpaired) electrons. The molecule has 0 unspecified atom stereocenters. The largest absolute Gasteiger partial charge is 0.350 e. The van der Waals surface area contributed by atoms with Crippen molar-refractivity contribution >= 4 is 5.91 Å². The number of piperidine rings is 1. The van der Waals surface area contributed by atoms with Crippen molar-refractivity contribution in [1.29, 1.82) is 0 Å². The zero-order valence-corrected chi connectivity index (χ0v) is 22.8. The van der Waals surface area contributed by atoms with E-state index >= 15 is 0 Å². The highest BCUT2D eigenvalue weighted by atomic mass is 16.2. The monoisotopic (exact) mass is 535 g/mol. The summed E-state index contributed by atoms with van der Waals surface area (Å²) < 4.78 is 1.80. The van der Waals surface area contributed by atoms with Crippen LogP contribution in [-0.4, -0.2) is 50.1 Å². The van der Waals surface area contributed by atoms with Gasteiger partial charge in [-0.2, -0.15) is 0 Å². The zero-order chi connectivity index (χ0) is 27.2. The van der Waals surface area contributed by atoms with Crippen LogP contribution in [0.2, 0.25) is 0 Å². The fourth-order valence-electron chi connectivity index (χ4n) is 5.73. The summed E-state index contributed by atoms with van der Waals surface area (Å²) in [5, 5.41) is 20.3. The van der Waals surface area contributed by atoms with E-state index in [2.05, 4.69) is 73.5 Å². The molecule has 0 bridgehead atoms. The number of carbonyl (C=O) groups excluding carboxylic acids is 1. The molecule has 6 rings (SSSR count). The van der Waals surface area contributed by atoms with Gasteiger partial charge in [-0.25, -0.2) is 4.68 Å². The van der Waals surface area contributed by atoms with E-state index in [1.807, 2.05) is 48.5 Å². The molecule has 2 aliphatic rings. The Hall–Kier alpha value is -3.88. The van der Waals surface area contributed by atoms with Crippen LogP contribution >= 0.6 is 0 Å². The van der Waals surface area contributed by atoms with Crippen molar-refractivity contribution in [2.24, 2.45) is 0 Å². The van der Waals surface area contributed by atoms with E-state index in [-0.39, 0.29) is 11.4 Å². The van der Waals surface area contributed by atoms with Gasteiger partial charge in [0.2, 0.25) is 5.91 Å². The molecule has 1 aromatic heterocycles. The van der Waals surface area contributed by atoms with Crippen LogP contribution in [0.5, 0.6) is 0 Å². The van der Waals surface area contributed by atoms with Gasteiger partial charge in [0, 0.05) is 38.6 Å². The minimum absolute atomic E-state index is 0.0793. The molecule has 2 N–H and O–H groups in total. The second-order valence-electron chi connectivity index (χ2n) is 11.1. The van der Waals surface area contributed by atoms with Gasteiger partial charge in [0.1, 0.15) is 6.04 Å². The van der Waals surface area contributed by atoms with Crippen LogP contribution in [-0.2, 0) is 29.8 Å². The molecule has 2 heterocycles. The summed E-state index contributed by atoms with van der Waals surface area (Å²) in [5.74, 6) is 0.693. The van der Waals surface area contributed by atoms with Gasteiger partial charge in [0.05, 0.1) is 5.54 Å². The third kappa shape index (κ3) is 6.29. The Morgan fingerprint density at radius 2 is 1.45 bits per heavy atom. The zero-order valence-electron chi connectivity index (χ0n) is 22.8. The highest BCUT2D eigenvalue weighted by Crippen LogP contribution is 2.37. The molecule has 0 spiro atoms. The maximum Gasteiger partial charge on any atom is 0.245 e. The van der Waals surface area contributed by atoms with Crippen molar-refractivity contribution in [3.05, 3.63) is 114 Å². The first-order valence-corrected chi connectivity index (χ1v) is 14.4. The molecule has 4 aromatic rings. The van der Waals surface area contributed by atoms with Crippen LogP contribution in [0.3, 0.4) is 0 Å². The highest BCUT2D eigenvalue weighted by molar-refractivity contribution is 5.80. The summed E-state index contributed by atoms with van der Waals surface area (Å²) >= 11 is 0. The van der Waals surface area contributed by atoms with Gasteiger partial charge in [0.15, 0.2) is 5.82 Å². The number of benzene rings is 3. The Kier molecular flexibility index (Phi) is 7.97. The van der Waals surface area contributed by atoms with Crippen LogP contribution in [0.1, 0.15) is 54.2 Å². The molecule has 2 fully saturated rings. The Labute approximate surface area is 235 Å². The summed E-state index contributed by atoms with van der Waals surface area (Å²) in [6.45, 7) is 3.27. The van der Waals surface area contributed by atoms with Gasteiger partial charge in [-0.1, -0.05) is 91.0 Å². The smallest absolute Gasteiger partial charge is 0.245 e. The predicted octanol–water partition coefficient (Wildman–Crippen LogP) is 4.02. The third-order valence-corrected chi connectivity index (χ3v) is 8.12. The van der Waals surface area contributed by atoms with Gasteiger partial charge in [0.25, 0.3) is 0 Å². The maximum absolute atomic E-state index is 13.8. The molecule has 3 aromatic carbocycles. The van der Waals surface area contributed by atoms with Gasteiger partial charge in [-0.3, -0.25) is 9.69 Å². The number of rotatable bonds is 11. The van der Waals surface area contributed by atoms with Crippen molar-refractivity contribution in [1.82, 2.24) is 35.7 Å². The summed E-state index contributed by atoms with van der Waals surface area (Å²) in [4.78, 5) is 16.3. The lowest BCUT2D eigenvalue weighted by atomic mass is 9.85. The first-order valence-electron chi connectivity index (χ1n) is 14.4. The number of nitrogens with one attached hydrogen (secondary N) is 2. The van der Waals surface area contributed by atoms with Crippen molar-refractivity contribution < 1.29 is 4.79 Å². The normalized spacial score (nSPS) is 17.8. The minimum Gasteiger partial charge on any atom is -0.350 e. The van der Waals surface area contributed by atoms with Crippen LogP contribution in [0.4, 0.5) is 0 Å². The summed E-state index contributed by atoms with van der Waals surface area (Å²) in [6, 6.07) is 30.7. The fourth-order valence-corrected chi connectivity index (χ4v) is 5.73. The fraction of sp³-hybridized carbons (Fsp3) is 0.375. The average Bonchev–Trinajstić information content (AvgIpc) is 3.68. The van der Waals surface area contributed by atoms with Crippen molar-refractivity contribution in [3.8, 4) is 0 Å². The van der Waals surface area contributed by atoms with E-state index in [4.69, 9.17) is 0 Å². The maximum atomic E-state index is 13.8. The van der Waals surface area contributed by atoms with Crippen molar-refractivity contribution in [2.75, 3.05) is 13.1 Å². The predicted molar refractivity (Wildman–Crippen MR) is 154 cm³/mol. The molecule has 206 valence electrons. The topological polar surface area (TPSA) is 88.0 Å². The molecule has 1 saturated heterocycles. The Morgan fingerprint density at radius 1 is 0.850 bits per heavy atom. The molecule has 8 nitrogen and oxygen atoms in total. The Bertz CT molecular complexity index is 1360. The first kappa shape index (κ1) is 26.3. The third-order valence-electron chi connectivity index (χ3n) is 8.12. The number of hydrogen-bond donors (Lipinski definition) is 2. The molecule has 1 amide bonds. The second kappa shape index (κ2) is 12.1. The molecule has 40 heavy (non-hydrogen) atoms. The van der Waals surface area contributed by atoms with E-state index in [0.29, 0.717) is 19.0 Å². The molecule has 1 aliphatic carbocycles. The number of aromatic nitrogens is 4. The molecule has 8 heteroatoms. The molecular weight excluding hydrogens is 498 g/mol. The van der Waals surface area contributed by atoms with Gasteiger partial charge in [-0.15, -0.1) is 5.10 Å².